The van der Waals surface area contributed by atoms with Crippen molar-refractivity contribution in [1.29, 1.82) is 0 Å². The van der Waals surface area contributed by atoms with Crippen molar-refractivity contribution >= 4 is 27.2 Å². The molecule has 0 saturated heterocycles. The number of nitrogens with two attached hydrogens (primary N) is 1. The van der Waals surface area contributed by atoms with E-state index in [1.165, 1.54) is 10.4 Å². The first kappa shape index (κ1) is 16.1. The zero-order valence-corrected chi connectivity index (χ0v) is 13.1. The molecule has 4 nitrogen and oxygen atoms in total. The van der Waals surface area contributed by atoms with Crippen molar-refractivity contribution in [2.45, 2.75) is 37.6 Å². The molecule has 6 heteroatoms. The standard InChI is InChI=1S/C13H20N2O2S2/c1-4-6-10(2)15(3)19(16,17)12-8-5-7-11(9-12)13(14)18/h5,7-10H,4,6H2,1-3H3,(H2,14,18). The average Bonchev–Trinajstić information content (AvgIpc) is 2.38. The molecular weight excluding hydrogens is 280 g/mol. The second-order valence-electron chi connectivity index (χ2n) is 4.55. The fraction of sp³-hybridized carbons (Fsp3) is 0.462. The van der Waals surface area contributed by atoms with Crippen LogP contribution in [0.4, 0.5) is 0 Å². The minimum Gasteiger partial charge on any atom is -0.389 e. The van der Waals surface area contributed by atoms with Crippen LogP contribution in [0.1, 0.15) is 32.3 Å². The molecule has 19 heavy (non-hydrogen) atoms. The van der Waals surface area contributed by atoms with Gasteiger partial charge in [0.2, 0.25) is 10.0 Å². The molecule has 0 spiro atoms. The van der Waals surface area contributed by atoms with Gasteiger partial charge in [-0.3, -0.25) is 0 Å². The molecule has 0 heterocycles. The van der Waals surface area contributed by atoms with E-state index in [-0.39, 0.29) is 15.9 Å². The largest absolute Gasteiger partial charge is 0.389 e. The number of hydrogen-bond acceptors (Lipinski definition) is 3. The fourth-order valence-electron chi connectivity index (χ4n) is 1.81. The van der Waals surface area contributed by atoms with Crippen LogP contribution in [0.5, 0.6) is 0 Å². The Hall–Kier alpha value is -0.980. The molecule has 0 aromatic heterocycles. The van der Waals surface area contributed by atoms with E-state index >= 15 is 0 Å². The summed E-state index contributed by atoms with van der Waals surface area (Å²) in [5, 5.41) is 0. The minimum atomic E-state index is -3.50. The Labute approximate surface area is 120 Å². The van der Waals surface area contributed by atoms with E-state index in [0.29, 0.717) is 5.56 Å². The van der Waals surface area contributed by atoms with Crippen molar-refractivity contribution in [1.82, 2.24) is 4.31 Å². The molecule has 0 aliphatic carbocycles. The number of rotatable bonds is 6. The number of nitrogens with zero attached hydrogens (tertiary/aromatic N) is 1. The van der Waals surface area contributed by atoms with Crippen LogP contribution in [0, 0.1) is 0 Å². The lowest BCUT2D eigenvalue weighted by molar-refractivity contribution is 0.369. The molecule has 1 aromatic carbocycles. The van der Waals surface area contributed by atoms with E-state index in [0.717, 1.165) is 12.8 Å². The number of benzene rings is 1. The van der Waals surface area contributed by atoms with Gasteiger partial charge in [-0.15, -0.1) is 0 Å². The van der Waals surface area contributed by atoms with E-state index in [1.807, 2.05) is 13.8 Å². The topological polar surface area (TPSA) is 63.4 Å². The maximum atomic E-state index is 12.5. The van der Waals surface area contributed by atoms with E-state index in [4.69, 9.17) is 18.0 Å². The third kappa shape index (κ3) is 3.75. The first-order valence-corrected chi connectivity index (χ1v) is 8.03. The highest BCUT2D eigenvalue weighted by Gasteiger charge is 2.25. The van der Waals surface area contributed by atoms with Crippen LogP contribution in [0.25, 0.3) is 0 Å². The molecule has 0 bridgehead atoms. The van der Waals surface area contributed by atoms with Crippen LogP contribution in [-0.4, -0.2) is 30.8 Å². The molecule has 1 aromatic rings. The highest BCUT2D eigenvalue weighted by Crippen LogP contribution is 2.19. The number of sulfonamides is 1. The zero-order valence-electron chi connectivity index (χ0n) is 11.5. The first-order chi connectivity index (χ1) is 8.80. The van der Waals surface area contributed by atoms with Crippen molar-refractivity contribution in [2.24, 2.45) is 5.73 Å². The summed E-state index contributed by atoms with van der Waals surface area (Å²) in [5.74, 6) is 0. The summed E-state index contributed by atoms with van der Waals surface area (Å²) in [6.07, 6.45) is 1.76. The lowest BCUT2D eigenvalue weighted by atomic mass is 10.2. The Morgan fingerprint density at radius 1 is 1.47 bits per heavy atom. The molecule has 0 radical (unpaired) electrons. The average molecular weight is 300 g/mol. The van der Waals surface area contributed by atoms with Crippen LogP contribution in [0.2, 0.25) is 0 Å². The highest BCUT2D eigenvalue weighted by molar-refractivity contribution is 7.89. The third-order valence-electron chi connectivity index (χ3n) is 3.12. The lowest BCUT2D eigenvalue weighted by Gasteiger charge is -2.24. The maximum Gasteiger partial charge on any atom is 0.243 e. The normalized spacial score (nSPS) is 13.5. The maximum absolute atomic E-state index is 12.5. The molecule has 0 amide bonds. The SMILES string of the molecule is CCCC(C)N(C)S(=O)(=O)c1cccc(C(N)=S)c1. The van der Waals surface area contributed by atoms with Crippen molar-refractivity contribution in [2.75, 3.05) is 7.05 Å². The molecule has 0 saturated carbocycles. The van der Waals surface area contributed by atoms with Crippen LogP contribution in [0.3, 0.4) is 0 Å². The van der Waals surface area contributed by atoms with Gasteiger partial charge >= 0.3 is 0 Å². The molecular formula is C13H20N2O2S2. The molecule has 0 aliphatic rings. The van der Waals surface area contributed by atoms with Crippen LogP contribution >= 0.6 is 12.2 Å². The molecule has 2 N–H and O–H groups in total. The molecule has 1 unspecified atom stereocenters. The Balaban J connectivity index is 3.13. The summed E-state index contributed by atoms with van der Waals surface area (Å²) >= 11 is 4.87. The van der Waals surface area contributed by atoms with Crippen LogP contribution < -0.4 is 5.73 Å². The molecule has 1 rings (SSSR count). The Morgan fingerprint density at radius 3 is 2.63 bits per heavy atom. The first-order valence-electron chi connectivity index (χ1n) is 6.18. The van der Waals surface area contributed by atoms with Crippen molar-refractivity contribution < 1.29 is 8.42 Å². The minimum absolute atomic E-state index is 0.0384. The van der Waals surface area contributed by atoms with E-state index in [1.54, 1.807) is 25.2 Å². The van der Waals surface area contributed by atoms with Gasteiger partial charge in [-0.25, -0.2) is 8.42 Å². The summed E-state index contributed by atoms with van der Waals surface area (Å²) in [6, 6.07) is 6.40. The fourth-order valence-corrected chi connectivity index (χ4v) is 3.38. The molecule has 106 valence electrons. The van der Waals surface area contributed by atoms with Gasteiger partial charge < -0.3 is 5.73 Å². The summed E-state index contributed by atoms with van der Waals surface area (Å²) in [5.41, 5.74) is 6.10. The van der Waals surface area contributed by atoms with Crippen molar-refractivity contribution in [3.05, 3.63) is 29.8 Å². The summed E-state index contributed by atoms with van der Waals surface area (Å²) < 4.78 is 26.3. The van der Waals surface area contributed by atoms with E-state index in [2.05, 4.69) is 0 Å². The second kappa shape index (κ2) is 6.45. The monoisotopic (exact) mass is 300 g/mol. The second-order valence-corrected chi connectivity index (χ2v) is 6.99. The van der Waals surface area contributed by atoms with Crippen molar-refractivity contribution in [3.63, 3.8) is 0 Å². The number of thiocarbonyl (C=S) groups is 1. The lowest BCUT2D eigenvalue weighted by Crippen LogP contribution is -2.35. The predicted molar refractivity (Wildman–Crippen MR) is 81.6 cm³/mol. The zero-order chi connectivity index (χ0) is 14.6. The van der Waals surface area contributed by atoms with Gasteiger partial charge in [-0.1, -0.05) is 37.7 Å². The van der Waals surface area contributed by atoms with E-state index in [9.17, 15) is 8.42 Å². The quantitative estimate of drug-likeness (QED) is 0.818. The van der Waals surface area contributed by atoms with Crippen LogP contribution in [0.15, 0.2) is 29.2 Å². The van der Waals surface area contributed by atoms with Crippen molar-refractivity contribution in [3.8, 4) is 0 Å². The van der Waals surface area contributed by atoms with Gasteiger partial charge in [0.05, 0.1) is 4.90 Å². The Kier molecular flexibility index (Phi) is 5.46. The van der Waals surface area contributed by atoms with Gasteiger partial charge in [0.15, 0.2) is 0 Å². The van der Waals surface area contributed by atoms with Gasteiger partial charge in [-0.2, -0.15) is 4.31 Å². The Bertz CT molecular complexity index is 556. The summed E-state index contributed by atoms with van der Waals surface area (Å²) in [7, 11) is -1.90. The highest BCUT2D eigenvalue weighted by atomic mass is 32.2. The summed E-state index contributed by atoms with van der Waals surface area (Å²) in [4.78, 5) is 0.421. The van der Waals surface area contributed by atoms with Gasteiger partial charge in [0.25, 0.3) is 0 Å². The molecule has 0 aliphatic heterocycles. The summed E-state index contributed by atoms with van der Waals surface area (Å²) in [6.45, 7) is 3.93. The smallest absolute Gasteiger partial charge is 0.243 e. The molecule has 1 atom stereocenters. The molecule has 0 fully saturated rings. The Morgan fingerprint density at radius 2 is 2.11 bits per heavy atom. The van der Waals surface area contributed by atoms with Crippen LogP contribution in [-0.2, 0) is 10.0 Å². The van der Waals surface area contributed by atoms with Gasteiger partial charge in [0, 0.05) is 18.7 Å². The number of hydrogen-bond donors (Lipinski definition) is 1. The van der Waals surface area contributed by atoms with Gasteiger partial charge in [0.1, 0.15) is 4.99 Å². The van der Waals surface area contributed by atoms with E-state index < -0.39 is 10.0 Å². The predicted octanol–water partition coefficient (Wildman–Crippen LogP) is 2.13. The third-order valence-corrected chi connectivity index (χ3v) is 5.33. The van der Waals surface area contributed by atoms with Gasteiger partial charge in [-0.05, 0) is 25.5 Å².